The second kappa shape index (κ2) is 4.60. The number of hydrogen-bond donors (Lipinski definition) is 2. The predicted molar refractivity (Wildman–Crippen MR) is 56.9 cm³/mol. The lowest BCUT2D eigenvalue weighted by molar-refractivity contribution is 0.619. The minimum absolute atomic E-state index is 0.251. The lowest BCUT2D eigenvalue weighted by atomic mass is 10.2. The Hall–Kier alpha value is -1.58. The molecular formula is C10H14FN3. The molecule has 0 aromatic heterocycles. The molecule has 76 valence electrons. The summed E-state index contributed by atoms with van der Waals surface area (Å²) in [6, 6.07) is 4.80. The standard InChI is InChI=1S/C10H14FN3/c1-3-13-10(12)14-9-6-4-5-8(11)7(9)2/h4-6H,3H2,1-2H3,(H3,12,13,14). The molecule has 0 bridgehead atoms. The van der Waals surface area contributed by atoms with E-state index in [0.29, 0.717) is 23.8 Å². The summed E-state index contributed by atoms with van der Waals surface area (Å²) < 4.78 is 13.1. The van der Waals surface area contributed by atoms with Crippen LogP contribution in [0.4, 0.5) is 10.1 Å². The van der Waals surface area contributed by atoms with Crippen LogP contribution in [0.25, 0.3) is 0 Å². The topological polar surface area (TPSA) is 50.4 Å². The molecule has 1 aromatic carbocycles. The van der Waals surface area contributed by atoms with E-state index in [-0.39, 0.29) is 5.82 Å². The van der Waals surface area contributed by atoms with Crippen LogP contribution in [0.3, 0.4) is 0 Å². The number of rotatable bonds is 2. The summed E-state index contributed by atoms with van der Waals surface area (Å²) in [7, 11) is 0. The monoisotopic (exact) mass is 195 g/mol. The number of halogens is 1. The van der Waals surface area contributed by atoms with Crippen molar-refractivity contribution in [2.45, 2.75) is 13.8 Å². The summed E-state index contributed by atoms with van der Waals surface area (Å²) in [5.41, 5.74) is 6.75. The zero-order chi connectivity index (χ0) is 10.6. The average Bonchev–Trinajstić information content (AvgIpc) is 2.13. The molecule has 0 saturated carbocycles. The summed E-state index contributed by atoms with van der Waals surface area (Å²) >= 11 is 0. The maximum atomic E-state index is 13.1. The van der Waals surface area contributed by atoms with Crippen LogP contribution in [0.15, 0.2) is 23.2 Å². The Morgan fingerprint density at radius 2 is 2.29 bits per heavy atom. The molecule has 3 nitrogen and oxygen atoms in total. The fraction of sp³-hybridized carbons (Fsp3) is 0.300. The molecule has 0 atom stereocenters. The average molecular weight is 195 g/mol. The maximum Gasteiger partial charge on any atom is 0.193 e. The summed E-state index contributed by atoms with van der Waals surface area (Å²) in [5.74, 6) is 0.0560. The second-order valence-electron chi connectivity index (χ2n) is 2.90. The highest BCUT2D eigenvalue weighted by Crippen LogP contribution is 2.16. The fourth-order valence-corrected chi connectivity index (χ4v) is 1.09. The first kappa shape index (κ1) is 10.5. The summed E-state index contributed by atoms with van der Waals surface area (Å²) in [4.78, 5) is 3.95. The van der Waals surface area contributed by atoms with Crippen molar-refractivity contribution in [2.24, 2.45) is 10.7 Å². The second-order valence-corrected chi connectivity index (χ2v) is 2.90. The van der Waals surface area contributed by atoms with Gasteiger partial charge in [0.15, 0.2) is 5.96 Å². The maximum absolute atomic E-state index is 13.1. The van der Waals surface area contributed by atoms with Crippen molar-refractivity contribution in [3.05, 3.63) is 29.6 Å². The van der Waals surface area contributed by atoms with Crippen molar-refractivity contribution in [2.75, 3.05) is 11.9 Å². The third kappa shape index (κ3) is 2.45. The van der Waals surface area contributed by atoms with Gasteiger partial charge in [0, 0.05) is 17.8 Å². The lowest BCUT2D eigenvalue weighted by Gasteiger charge is -2.08. The molecule has 14 heavy (non-hydrogen) atoms. The molecule has 0 aliphatic carbocycles. The third-order valence-corrected chi connectivity index (χ3v) is 1.86. The van der Waals surface area contributed by atoms with E-state index in [4.69, 9.17) is 5.73 Å². The van der Waals surface area contributed by atoms with Crippen molar-refractivity contribution < 1.29 is 4.39 Å². The van der Waals surface area contributed by atoms with Gasteiger partial charge < -0.3 is 11.1 Å². The Bertz CT molecular complexity index is 347. The van der Waals surface area contributed by atoms with Crippen molar-refractivity contribution in [1.82, 2.24) is 0 Å². The van der Waals surface area contributed by atoms with Gasteiger partial charge in [-0.15, -0.1) is 0 Å². The molecule has 0 fully saturated rings. The molecule has 1 rings (SSSR count). The number of benzene rings is 1. The van der Waals surface area contributed by atoms with Crippen LogP contribution in [-0.2, 0) is 0 Å². The van der Waals surface area contributed by atoms with Gasteiger partial charge in [0.25, 0.3) is 0 Å². The van der Waals surface area contributed by atoms with Gasteiger partial charge in [0.1, 0.15) is 5.82 Å². The van der Waals surface area contributed by atoms with Crippen LogP contribution in [0.1, 0.15) is 12.5 Å². The van der Waals surface area contributed by atoms with Crippen molar-refractivity contribution in [1.29, 1.82) is 0 Å². The van der Waals surface area contributed by atoms with E-state index >= 15 is 0 Å². The SMILES string of the molecule is CCN=C(N)Nc1cccc(F)c1C. The molecule has 0 heterocycles. The Balaban J connectivity index is 2.87. The Labute approximate surface area is 82.8 Å². The summed E-state index contributed by atoms with van der Waals surface area (Å²) in [6.45, 7) is 4.18. The molecule has 0 amide bonds. The minimum atomic E-state index is -0.251. The Kier molecular flexibility index (Phi) is 3.45. The zero-order valence-corrected chi connectivity index (χ0v) is 8.34. The quantitative estimate of drug-likeness (QED) is 0.559. The molecule has 0 aliphatic rings. The van der Waals surface area contributed by atoms with Gasteiger partial charge in [-0.25, -0.2) is 4.39 Å². The number of nitrogens with two attached hydrogens (primary N) is 1. The van der Waals surface area contributed by atoms with Crippen LogP contribution in [0.5, 0.6) is 0 Å². The van der Waals surface area contributed by atoms with E-state index in [1.807, 2.05) is 6.92 Å². The Morgan fingerprint density at radius 1 is 1.57 bits per heavy atom. The van der Waals surface area contributed by atoms with Gasteiger partial charge in [0.2, 0.25) is 0 Å². The normalized spacial score (nSPS) is 11.5. The molecule has 0 spiro atoms. The first-order chi connectivity index (χ1) is 6.65. The molecular weight excluding hydrogens is 181 g/mol. The van der Waals surface area contributed by atoms with E-state index < -0.39 is 0 Å². The molecule has 0 radical (unpaired) electrons. The number of hydrogen-bond acceptors (Lipinski definition) is 1. The first-order valence-corrected chi connectivity index (χ1v) is 4.47. The number of anilines is 1. The molecule has 0 unspecified atom stereocenters. The van der Waals surface area contributed by atoms with Crippen LogP contribution < -0.4 is 11.1 Å². The van der Waals surface area contributed by atoms with Gasteiger partial charge >= 0.3 is 0 Å². The smallest absolute Gasteiger partial charge is 0.193 e. The number of nitrogens with zero attached hydrogens (tertiary/aromatic N) is 1. The van der Waals surface area contributed by atoms with Gasteiger partial charge in [-0.2, -0.15) is 0 Å². The largest absolute Gasteiger partial charge is 0.370 e. The van der Waals surface area contributed by atoms with E-state index in [1.54, 1.807) is 19.1 Å². The van der Waals surface area contributed by atoms with Gasteiger partial charge in [-0.3, -0.25) is 4.99 Å². The highest BCUT2D eigenvalue weighted by atomic mass is 19.1. The van der Waals surface area contributed by atoms with E-state index in [1.165, 1.54) is 6.07 Å². The van der Waals surface area contributed by atoms with Crippen LogP contribution in [-0.4, -0.2) is 12.5 Å². The number of aliphatic imine (C=N–C) groups is 1. The zero-order valence-electron chi connectivity index (χ0n) is 8.34. The highest BCUT2D eigenvalue weighted by Gasteiger charge is 2.03. The van der Waals surface area contributed by atoms with Crippen LogP contribution in [0, 0.1) is 12.7 Å². The van der Waals surface area contributed by atoms with E-state index in [0.717, 1.165) is 0 Å². The van der Waals surface area contributed by atoms with E-state index in [9.17, 15) is 4.39 Å². The van der Waals surface area contributed by atoms with Crippen LogP contribution in [0.2, 0.25) is 0 Å². The number of nitrogens with one attached hydrogen (secondary N) is 1. The third-order valence-electron chi connectivity index (χ3n) is 1.86. The highest BCUT2D eigenvalue weighted by molar-refractivity contribution is 5.92. The molecule has 0 saturated heterocycles. The number of guanidine groups is 1. The molecule has 0 aliphatic heterocycles. The predicted octanol–water partition coefficient (Wildman–Crippen LogP) is 1.88. The molecule has 3 N–H and O–H groups in total. The molecule has 1 aromatic rings. The van der Waals surface area contributed by atoms with Gasteiger partial charge in [-0.05, 0) is 26.0 Å². The van der Waals surface area contributed by atoms with Crippen LogP contribution >= 0.6 is 0 Å². The van der Waals surface area contributed by atoms with Gasteiger partial charge in [0.05, 0.1) is 0 Å². The minimum Gasteiger partial charge on any atom is -0.370 e. The Morgan fingerprint density at radius 3 is 2.93 bits per heavy atom. The lowest BCUT2D eigenvalue weighted by Crippen LogP contribution is -2.23. The summed E-state index contributed by atoms with van der Waals surface area (Å²) in [6.07, 6.45) is 0. The van der Waals surface area contributed by atoms with Crippen molar-refractivity contribution >= 4 is 11.6 Å². The fourth-order valence-electron chi connectivity index (χ4n) is 1.09. The first-order valence-electron chi connectivity index (χ1n) is 4.47. The van der Waals surface area contributed by atoms with Crippen molar-refractivity contribution in [3.63, 3.8) is 0 Å². The van der Waals surface area contributed by atoms with Crippen molar-refractivity contribution in [3.8, 4) is 0 Å². The summed E-state index contributed by atoms with van der Waals surface area (Å²) in [5, 5.41) is 2.84. The van der Waals surface area contributed by atoms with Gasteiger partial charge in [-0.1, -0.05) is 6.07 Å². The van der Waals surface area contributed by atoms with E-state index in [2.05, 4.69) is 10.3 Å². The molecule has 4 heteroatoms.